The highest BCUT2D eigenvalue weighted by atomic mass is 35.5. The Labute approximate surface area is 124 Å². The van der Waals surface area contributed by atoms with Gasteiger partial charge in [-0.1, -0.05) is 33.8 Å². The molecule has 0 aliphatic carbocycles. The van der Waals surface area contributed by atoms with Crippen molar-refractivity contribution in [2.24, 2.45) is 5.73 Å². The Balaban J connectivity index is 0.00000324. The molecular formula is C16H28ClNO. The molecular weight excluding hydrogens is 258 g/mol. The van der Waals surface area contributed by atoms with E-state index in [0.29, 0.717) is 0 Å². The minimum absolute atomic E-state index is 0. The van der Waals surface area contributed by atoms with Crippen LogP contribution in [0.4, 0.5) is 0 Å². The molecule has 0 fully saturated rings. The number of ether oxygens (including phenoxy) is 1. The van der Waals surface area contributed by atoms with Crippen molar-refractivity contribution in [2.75, 3.05) is 7.11 Å². The molecule has 0 radical (unpaired) electrons. The molecule has 2 nitrogen and oxygen atoms in total. The van der Waals surface area contributed by atoms with Gasteiger partial charge in [-0.3, -0.25) is 0 Å². The van der Waals surface area contributed by atoms with Gasteiger partial charge in [-0.25, -0.2) is 0 Å². The van der Waals surface area contributed by atoms with E-state index in [0.717, 1.165) is 18.6 Å². The molecule has 0 bridgehead atoms. The van der Waals surface area contributed by atoms with Crippen molar-refractivity contribution in [3.05, 3.63) is 28.8 Å². The van der Waals surface area contributed by atoms with Gasteiger partial charge in [-0.15, -0.1) is 12.4 Å². The van der Waals surface area contributed by atoms with Gasteiger partial charge in [-0.2, -0.15) is 0 Å². The second kappa shape index (κ2) is 7.16. The van der Waals surface area contributed by atoms with Crippen LogP contribution in [0.5, 0.6) is 5.75 Å². The van der Waals surface area contributed by atoms with E-state index in [1.165, 1.54) is 16.7 Å². The number of aryl methyl sites for hydroxylation is 1. The van der Waals surface area contributed by atoms with Crippen LogP contribution in [0.2, 0.25) is 0 Å². The summed E-state index contributed by atoms with van der Waals surface area (Å²) in [6.07, 6.45) is 1.92. The maximum absolute atomic E-state index is 6.05. The lowest BCUT2D eigenvalue weighted by Gasteiger charge is -2.24. The fourth-order valence-corrected chi connectivity index (χ4v) is 2.13. The summed E-state index contributed by atoms with van der Waals surface area (Å²) in [5.74, 6) is 0.978. The highest BCUT2D eigenvalue weighted by Crippen LogP contribution is 2.33. The number of hydrogen-bond acceptors (Lipinski definition) is 2. The van der Waals surface area contributed by atoms with Crippen molar-refractivity contribution in [3.63, 3.8) is 0 Å². The van der Waals surface area contributed by atoms with Gasteiger partial charge >= 0.3 is 0 Å². The highest BCUT2D eigenvalue weighted by Gasteiger charge is 2.20. The van der Waals surface area contributed by atoms with E-state index in [1.54, 1.807) is 7.11 Å². The lowest BCUT2D eigenvalue weighted by atomic mass is 9.83. The monoisotopic (exact) mass is 285 g/mol. The standard InChI is InChI=1S/C16H27NO.ClH/c1-7-13(17)9-12-10-15(18-6)14(8-11(12)2)16(3,4)5;/h8,10,13H,7,9,17H2,1-6H3;1H. The summed E-state index contributed by atoms with van der Waals surface area (Å²) < 4.78 is 5.54. The molecule has 1 aromatic rings. The molecule has 1 rings (SSSR count). The molecule has 1 atom stereocenters. The van der Waals surface area contributed by atoms with Crippen LogP contribution in [0.25, 0.3) is 0 Å². The Bertz CT molecular complexity index is 410. The molecule has 1 aromatic carbocycles. The molecule has 0 heterocycles. The smallest absolute Gasteiger partial charge is 0.122 e. The first-order valence-corrected chi connectivity index (χ1v) is 6.73. The summed E-state index contributed by atoms with van der Waals surface area (Å²) in [6, 6.07) is 4.64. The van der Waals surface area contributed by atoms with Crippen LogP contribution in [0.15, 0.2) is 12.1 Å². The summed E-state index contributed by atoms with van der Waals surface area (Å²) in [5.41, 5.74) is 10.0. The minimum Gasteiger partial charge on any atom is -0.496 e. The first-order valence-electron chi connectivity index (χ1n) is 6.73. The quantitative estimate of drug-likeness (QED) is 0.907. The van der Waals surface area contributed by atoms with Crippen molar-refractivity contribution in [1.29, 1.82) is 0 Å². The molecule has 1 unspecified atom stereocenters. The Morgan fingerprint density at radius 3 is 2.26 bits per heavy atom. The van der Waals surface area contributed by atoms with Gasteiger partial charge in [0.1, 0.15) is 5.75 Å². The highest BCUT2D eigenvalue weighted by molar-refractivity contribution is 5.85. The van der Waals surface area contributed by atoms with Gasteiger partial charge in [0, 0.05) is 6.04 Å². The van der Waals surface area contributed by atoms with Crippen LogP contribution < -0.4 is 10.5 Å². The van der Waals surface area contributed by atoms with Crippen LogP contribution in [-0.4, -0.2) is 13.2 Å². The average Bonchev–Trinajstić information content (AvgIpc) is 2.29. The molecule has 19 heavy (non-hydrogen) atoms. The second-order valence-electron chi connectivity index (χ2n) is 6.10. The third kappa shape index (κ3) is 4.70. The number of halogens is 1. The molecule has 0 aliphatic rings. The predicted octanol–water partition coefficient (Wildman–Crippen LogP) is 4.00. The lowest BCUT2D eigenvalue weighted by Crippen LogP contribution is -2.22. The van der Waals surface area contributed by atoms with E-state index in [4.69, 9.17) is 10.5 Å². The van der Waals surface area contributed by atoms with E-state index < -0.39 is 0 Å². The summed E-state index contributed by atoms with van der Waals surface area (Å²) in [4.78, 5) is 0. The number of nitrogens with two attached hydrogens (primary N) is 1. The topological polar surface area (TPSA) is 35.2 Å². The van der Waals surface area contributed by atoms with Gasteiger partial charge in [0.15, 0.2) is 0 Å². The zero-order valence-corrected chi connectivity index (χ0v) is 13.9. The van der Waals surface area contributed by atoms with Crippen LogP contribution in [0, 0.1) is 6.92 Å². The van der Waals surface area contributed by atoms with Crippen LogP contribution in [-0.2, 0) is 11.8 Å². The van der Waals surface area contributed by atoms with E-state index in [9.17, 15) is 0 Å². The average molecular weight is 286 g/mol. The van der Waals surface area contributed by atoms with Crippen molar-refractivity contribution in [3.8, 4) is 5.75 Å². The van der Waals surface area contributed by atoms with Crippen LogP contribution in [0.1, 0.15) is 50.8 Å². The number of benzene rings is 1. The second-order valence-corrected chi connectivity index (χ2v) is 6.10. The van der Waals surface area contributed by atoms with Crippen molar-refractivity contribution >= 4 is 12.4 Å². The molecule has 2 N–H and O–H groups in total. The lowest BCUT2D eigenvalue weighted by molar-refractivity contribution is 0.396. The molecule has 0 spiro atoms. The molecule has 110 valence electrons. The predicted molar refractivity (Wildman–Crippen MR) is 85.6 cm³/mol. The van der Waals surface area contributed by atoms with Gasteiger partial charge < -0.3 is 10.5 Å². The first kappa shape index (κ1) is 18.3. The molecule has 0 amide bonds. The van der Waals surface area contributed by atoms with E-state index in [1.807, 2.05) is 0 Å². The largest absolute Gasteiger partial charge is 0.496 e. The zero-order chi connectivity index (χ0) is 13.9. The van der Waals surface area contributed by atoms with Crippen LogP contribution in [0.3, 0.4) is 0 Å². The van der Waals surface area contributed by atoms with E-state index in [2.05, 4.69) is 46.8 Å². The SMILES string of the molecule is CCC(N)Cc1cc(OC)c(C(C)(C)C)cc1C.Cl. The number of rotatable bonds is 4. The summed E-state index contributed by atoms with van der Waals surface area (Å²) >= 11 is 0. The van der Waals surface area contributed by atoms with Gasteiger partial charge in [0.25, 0.3) is 0 Å². The minimum atomic E-state index is 0. The molecule has 0 saturated carbocycles. The Hall–Kier alpha value is -0.730. The van der Waals surface area contributed by atoms with Gasteiger partial charge in [0.05, 0.1) is 7.11 Å². The van der Waals surface area contributed by atoms with Crippen molar-refractivity contribution in [2.45, 2.75) is 58.9 Å². The molecule has 0 aromatic heterocycles. The van der Waals surface area contributed by atoms with E-state index in [-0.39, 0.29) is 23.9 Å². The Kier molecular flexibility index (Phi) is 6.88. The number of methoxy groups -OCH3 is 1. The summed E-state index contributed by atoms with van der Waals surface area (Å²) in [6.45, 7) is 10.9. The zero-order valence-electron chi connectivity index (χ0n) is 13.0. The van der Waals surface area contributed by atoms with Gasteiger partial charge in [-0.05, 0) is 47.9 Å². The fourth-order valence-electron chi connectivity index (χ4n) is 2.13. The first-order chi connectivity index (χ1) is 8.29. The maximum Gasteiger partial charge on any atom is 0.122 e. The Morgan fingerprint density at radius 2 is 1.84 bits per heavy atom. The van der Waals surface area contributed by atoms with Crippen molar-refractivity contribution < 1.29 is 4.74 Å². The normalized spacial score (nSPS) is 12.8. The Morgan fingerprint density at radius 1 is 1.26 bits per heavy atom. The van der Waals surface area contributed by atoms with E-state index >= 15 is 0 Å². The molecule has 3 heteroatoms. The third-order valence-electron chi connectivity index (χ3n) is 3.47. The van der Waals surface area contributed by atoms with Gasteiger partial charge in [0.2, 0.25) is 0 Å². The number of hydrogen-bond donors (Lipinski definition) is 1. The summed E-state index contributed by atoms with van der Waals surface area (Å²) in [5, 5.41) is 0. The van der Waals surface area contributed by atoms with Crippen LogP contribution >= 0.6 is 12.4 Å². The third-order valence-corrected chi connectivity index (χ3v) is 3.47. The fraction of sp³-hybridized carbons (Fsp3) is 0.625. The molecule has 0 saturated heterocycles. The maximum atomic E-state index is 6.05. The van der Waals surface area contributed by atoms with Crippen molar-refractivity contribution in [1.82, 2.24) is 0 Å². The molecule has 0 aliphatic heterocycles. The summed E-state index contributed by atoms with van der Waals surface area (Å²) in [7, 11) is 1.74.